The minimum absolute atomic E-state index is 0.553. The van der Waals surface area contributed by atoms with Crippen molar-refractivity contribution in [3.8, 4) is 0 Å². The lowest BCUT2D eigenvalue weighted by atomic mass is 9.46. The Morgan fingerprint density at radius 2 is 1.75 bits per heavy atom. The quantitative estimate of drug-likeness (QED) is 0.416. The maximum absolute atomic E-state index is 2.75. The van der Waals surface area contributed by atoms with Gasteiger partial charge in [-0.15, -0.1) is 0 Å². The summed E-state index contributed by atoms with van der Waals surface area (Å²) in [5.74, 6) is 6.73. The fourth-order valence-electron chi connectivity index (χ4n) is 8.87. The second kappa shape index (κ2) is 7.77. The van der Waals surface area contributed by atoms with Crippen LogP contribution in [0.4, 0.5) is 0 Å². The van der Waals surface area contributed by atoms with Crippen molar-refractivity contribution in [2.45, 2.75) is 112 Å². The van der Waals surface area contributed by atoms with Crippen LogP contribution in [0.15, 0.2) is 11.6 Å². The number of hydrogen-bond donors (Lipinski definition) is 0. The third-order valence-electron chi connectivity index (χ3n) is 10.6. The van der Waals surface area contributed by atoms with Crippen LogP contribution in [0.2, 0.25) is 0 Å². The van der Waals surface area contributed by atoms with Crippen molar-refractivity contribution in [1.29, 1.82) is 0 Å². The van der Waals surface area contributed by atoms with Gasteiger partial charge < -0.3 is 0 Å². The van der Waals surface area contributed by atoms with Crippen LogP contribution < -0.4 is 0 Å². The lowest BCUT2D eigenvalue weighted by molar-refractivity contribution is -0.0523. The van der Waals surface area contributed by atoms with Gasteiger partial charge in [0.05, 0.1) is 0 Å². The number of fused-ring (bicyclic) bond motifs is 5. The SMILES string of the molecule is CC(C)CCC[C@@H](C)C1CC[C@H]2C3CC=C4CC(C)CCC4(C)[C@H]3CCC12C. The van der Waals surface area contributed by atoms with Gasteiger partial charge >= 0.3 is 0 Å². The highest BCUT2D eigenvalue weighted by Crippen LogP contribution is 2.67. The first-order chi connectivity index (χ1) is 13.3. The van der Waals surface area contributed by atoms with Gasteiger partial charge in [0.25, 0.3) is 0 Å². The molecule has 0 amide bonds. The highest BCUT2D eigenvalue weighted by Gasteiger charge is 2.58. The monoisotopic (exact) mass is 384 g/mol. The molecule has 0 radical (unpaired) electrons. The average Bonchev–Trinajstić information content (AvgIpc) is 2.99. The standard InChI is InChI=1S/C28H48/c1-19(2)8-7-9-21(4)24-12-13-25-23-11-10-22-18-20(3)14-16-27(22,5)26(23)15-17-28(24,25)6/h10,19-21,23-26H,7-9,11-18H2,1-6H3/t20?,21-,23?,24?,25+,26+,27?,28?/m1/s1. The van der Waals surface area contributed by atoms with Gasteiger partial charge in [0, 0.05) is 0 Å². The van der Waals surface area contributed by atoms with Crippen LogP contribution in [0.25, 0.3) is 0 Å². The average molecular weight is 385 g/mol. The predicted molar refractivity (Wildman–Crippen MR) is 122 cm³/mol. The Balaban J connectivity index is 1.49. The molecule has 3 saturated carbocycles. The third-order valence-corrected chi connectivity index (χ3v) is 10.6. The molecule has 0 aliphatic heterocycles. The number of hydrogen-bond acceptors (Lipinski definition) is 0. The zero-order valence-electron chi connectivity index (χ0n) is 19.9. The van der Waals surface area contributed by atoms with Gasteiger partial charge in [0.15, 0.2) is 0 Å². The van der Waals surface area contributed by atoms with E-state index in [2.05, 4.69) is 47.6 Å². The summed E-state index contributed by atoms with van der Waals surface area (Å²) < 4.78 is 0. The Kier molecular flexibility index (Phi) is 5.83. The Bertz CT molecular complexity index is 585. The Morgan fingerprint density at radius 3 is 2.50 bits per heavy atom. The molecule has 5 unspecified atom stereocenters. The first-order valence-corrected chi connectivity index (χ1v) is 12.9. The van der Waals surface area contributed by atoms with Crippen molar-refractivity contribution in [2.24, 2.45) is 52.3 Å². The van der Waals surface area contributed by atoms with Crippen LogP contribution in [-0.4, -0.2) is 0 Å². The summed E-state index contributed by atoms with van der Waals surface area (Å²) >= 11 is 0. The van der Waals surface area contributed by atoms with Crippen LogP contribution in [-0.2, 0) is 0 Å². The fourth-order valence-corrected chi connectivity index (χ4v) is 8.87. The van der Waals surface area contributed by atoms with Crippen molar-refractivity contribution in [3.63, 3.8) is 0 Å². The van der Waals surface area contributed by atoms with Crippen molar-refractivity contribution in [3.05, 3.63) is 11.6 Å². The van der Waals surface area contributed by atoms with Crippen LogP contribution in [0.5, 0.6) is 0 Å². The maximum Gasteiger partial charge on any atom is -0.00851 e. The van der Waals surface area contributed by atoms with E-state index in [0.717, 1.165) is 41.4 Å². The highest BCUT2D eigenvalue weighted by molar-refractivity contribution is 5.25. The molecule has 0 saturated heterocycles. The molecule has 0 bridgehead atoms. The fraction of sp³-hybridized carbons (Fsp3) is 0.929. The summed E-state index contributed by atoms with van der Waals surface area (Å²) in [6, 6.07) is 0. The second-order valence-corrected chi connectivity index (χ2v) is 12.6. The minimum atomic E-state index is 0.553. The normalized spacial score (nSPS) is 46.5. The molecule has 4 aliphatic rings. The zero-order valence-corrected chi connectivity index (χ0v) is 19.9. The lowest BCUT2D eigenvalue weighted by Crippen LogP contribution is -2.50. The van der Waals surface area contributed by atoms with E-state index in [9.17, 15) is 0 Å². The van der Waals surface area contributed by atoms with E-state index >= 15 is 0 Å². The minimum Gasteiger partial charge on any atom is -0.0845 e. The summed E-state index contributed by atoms with van der Waals surface area (Å²) in [5.41, 5.74) is 3.06. The first kappa shape index (κ1) is 21.0. The smallest absolute Gasteiger partial charge is 0.00851 e. The molecule has 4 aliphatic carbocycles. The molecule has 0 aromatic heterocycles. The molecule has 28 heavy (non-hydrogen) atoms. The molecule has 0 heterocycles. The number of allylic oxidation sites excluding steroid dienone is 2. The molecule has 0 aromatic rings. The van der Waals surface area contributed by atoms with Crippen LogP contribution in [0.3, 0.4) is 0 Å². The van der Waals surface area contributed by atoms with Crippen LogP contribution in [0.1, 0.15) is 112 Å². The molecule has 8 atom stereocenters. The van der Waals surface area contributed by atoms with Gasteiger partial charge in [0.1, 0.15) is 0 Å². The van der Waals surface area contributed by atoms with Gasteiger partial charge in [-0.25, -0.2) is 0 Å². The Labute approximate surface area is 176 Å². The van der Waals surface area contributed by atoms with Crippen molar-refractivity contribution in [2.75, 3.05) is 0 Å². The van der Waals surface area contributed by atoms with Crippen LogP contribution >= 0.6 is 0 Å². The molecule has 0 heteroatoms. The predicted octanol–water partition coefficient (Wildman–Crippen LogP) is 8.66. The molecule has 0 N–H and O–H groups in total. The van der Waals surface area contributed by atoms with Gasteiger partial charge in [-0.3, -0.25) is 0 Å². The summed E-state index contributed by atoms with van der Waals surface area (Å²) in [6.07, 6.45) is 19.0. The molecular weight excluding hydrogens is 336 g/mol. The highest BCUT2D eigenvalue weighted by atomic mass is 14.6. The van der Waals surface area contributed by atoms with Gasteiger partial charge in [-0.2, -0.15) is 0 Å². The zero-order chi connectivity index (χ0) is 20.1. The topological polar surface area (TPSA) is 0 Å². The van der Waals surface area contributed by atoms with Crippen molar-refractivity contribution >= 4 is 0 Å². The summed E-state index contributed by atoms with van der Waals surface area (Å²) in [4.78, 5) is 0. The summed E-state index contributed by atoms with van der Waals surface area (Å²) in [5, 5.41) is 0. The molecule has 4 rings (SSSR count). The lowest BCUT2D eigenvalue weighted by Gasteiger charge is -2.58. The van der Waals surface area contributed by atoms with E-state index in [1.54, 1.807) is 0 Å². The Hall–Kier alpha value is -0.260. The van der Waals surface area contributed by atoms with Crippen LogP contribution in [0, 0.1) is 52.3 Å². The molecule has 160 valence electrons. The van der Waals surface area contributed by atoms with E-state index in [4.69, 9.17) is 0 Å². The van der Waals surface area contributed by atoms with E-state index in [1.165, 1.54) is 70.6 Å². The Morgan fingerprint density at radius 1 is 0.964 bits per heavy atom. The molecular formula is C28H48. The number of rotatable bonds is 5. The summed E-state index contributed by atoms with van der Waals surface area (Å²) in [7, 11) is 0. The van der Waals surface area contributed by atoms with E-state index in [1.807, 2.05) is 5.57 Å². The van der Waals surface area contributed by atoms with Gasteiger partial charge in [-0.05, 0) is 104 Å². The van der Waals surface area contributed by atoms with Crippen molar-refractivity contribution in [1.82, 2.24) is 0 Å². The van der Waals surface area contributed by atoms with Crippen molar-refractivity contribution < 1.29 is 0 Å². The molecule has 0 nitrogen and oxygen atoms in total. The largest absolute Gasteiger partial charge is 0.0845 e. The third kappa shape index (κ3) is 3.43. The molecule has 0 spiro atoms. The summed E-state index contributed by atoms with van der Waals surface area (Å²) in [6.45, 7) is 15.3. The van der Waals surface area contributed by atoms with E-state index in [-0.39, 0.29) is 0 Å². The van der Waals surface area contributed by atoms with Gasteiger partial charge in [0.2, 0.25) is 0 Å². The second-order valence-electron chi connectivity index (χ2n) is 12.6. The van der Waals surface area contributed by atoms with E-state index < -0.39 is 0 Å². The first-order valence-electron chi connectivity index (χ1n) is 12.9. The van der Waals surface area contributed by atoms with Gasteiger partial charge in [-0.1, -0.05) is 72.5 Å². The molecule has 3 fully saturated rings. The van der Waals surface area contributed by atoms with E-state index in [0.29, 0.717) is 10.8 Å². The molecule has 0 aromatic carbocycles. The maximum atomic E-state index is 2.75.